The van der Waals surface area contributed by atoms with Crippen molar-refractivity contribution in [3.8, 4) is 0 Å². The number of ether oxygens (including phenoxy) is 1. The molecule has 1 heterocycles. The fraction of sp³-hybridized carbons (Fsp3) is 0.294. The van der Waals surface area contributed by atoms with Gasteiger partial charge in [-0.05, 0) is 17.2 Å². The predicted molar refractivity (Wildman–Crippen MR) is 76.7 cm³/mol. The van der Waals surface area contributed by atoms with Gasteiger partial charge in [-0.25, -0.2) is 0 Å². The topological polar surface area (TPSA) is 39.2 Å². The van der Waals surface area contributed by atoms with Crippen LogP contribution >= 0.6 is 0 Å². The van der Waals surface area contributed by atoms with Gasteiger partial charge in [-0.2, -0.15) is 13.2 Å². The fourth-order valence-corrected chi connectivity index (χ4v) is 3.04. The molecule has 0 aliphatic heterocycles. The Balaban J connectivity index is 1.96. The van der Waals surface area contributed by atoms with Crippen LogP contribution in [0.2, 0.25) is 0 Å². The molecule has 1 saturated carbocycles. The molecule has 23 heavy (non-hydrogen) atoms. The number of hydrogen-bond donors (Lipinski definition) is 0. The number of carbonyl (C=O) groups excluding carboxylic acids is 1. The third-order valence-electron chi connectivity index (χ3n) is 4.15. The van der Waals surface area contributed by atoms with Crippen LogP contribution in [0, 0.1) is 5.92 Å². The summed E-state index contributed by atoms with van der Waals surface area (Å²) in [6.07, 6.45) is -2.28. The lowest BCUT2D eigenvalue weighted by Crippen LogP contribution is -2.07. The normalized spacial score (nSPS) is 23.4. The van der Waals surface area contributed by atoms with E-state index in [1.165, 1.54) is 13.3 Å². The molecule has 6 heteroatoms. The first-order valence-corrected chi connectivity index (χ1v) is 7.08. The van der Waals surface area contributed by atoms with Crippen molar-refractivity contribution in [3.63, 3.8) is 0 Å². The first kappa shape index (κ1) is 15.5. The Labute approximate surface area is 131 Å². The average molecular weight is 321 g/mol. The summed E-state index contributed by atoms with van der Waals surface area (Å²) in [6, 6.07) is 10.3. The number of hydrogen-bond acceptors (Lipinski definition) is 3. The average Bonchev–Trinajstić information content (AvgIpc) is 3.30. The summed E-state index contributed by atoms with van der Waals surface area (Å²) in [6.45, 7) is 0. The molecule has 2 aromatic rings. The number of methoxy groups -OCH3 is 1. The zero-order valence-electron chi connectivity index (χ0n) is 12.2. The highest BCUT2D eigenvalue weighted by molar-refractivity contribution is 5.80. The first-order valence-electron chi connectivity index (χ1n) is 7.08. The predicted octanol–water partition coefficient (Wildman–Crippen LogP) is 3.77. The van der Waals surface area contributed by atoms with Crippen LogP contribution in [0.25, 0.3) is 0 Å². The SMILES string of the molecule is COC(=O)[C@@H]1[C@H](c2ccccc2)[C@H]1c1cncc(C(F)(F)F)c1. The molecular formula is C17H14F3NO2. The molecule has 3 atom stereocenters. The van der Waals surface area contributed by atoms with E-state index in [4.69, 9.17) is 4.74 Å². The smallest absolute Gasteiger partial charge is 0.417 e. The second-order valence-corrected chi connectivity index (χ2v) is 5.52. The third kappa shape index (κ3) is 2.93. The molecule has 0 saturated heterocycles. The number of halogens is 3. The summed E-state index contributed by atoms with van der Waals surface area (Å²) in [5.41, 5.74) is 0.506. The maximum Gasteiger partial charge on any atom is 0.417 e. The monoisotopic (exact) mass is 321 g/mol. The van der Waals surface area contributed by atoms with E-state index in [0.29, 0.717) is 5.56 Å². The second kappa shape index (κ2) is 5.68. The van der Waals surface area contributed by atoms with Crippen molar-refractivity contribution in [2.45, 2.75) is 18.0 Å². The molecule has 0 spiro atoms. The van der Waals surface area contributed by atoms with Crippen LogP contribution in [-0.2, 0) is 15.7 Å². The van der Waals surface area contributed by atoms with E-state index >= 15 is 0 Å². The van der Waals surface area contributed by atoms with Crippen molar-refractivity contribution in [1.29, 1.82) is 0 Å². The minimum absolute atomic E-state index is 0.186. The minimum Gasteiger partial charge on any atom is -0.469 e. The summed E-state index contributed by atoms with van der Waals surface area (Å²) >= 11 is 0. The van der Waals surface area contributed by atoms with Gasteiger partial charge in [0, 0.05) is 24.2 Å². The number of nitrogens with zero attached hydrogens (tertiary/aromatic N) is 1. The minimum atomic E-state index is -4.46. The van der Waals surface area contributed by atoms with Gasteiger partial charge in [-0.3, -0.25) is 9.78 Å². The van der Waals surface area contributed by atoms with Gasteiger partial charge in [-0.15, -0.1) is 0 Å². The zero-order chi connectivity index (χ0) is 16.6. The van der Waals surface area contributed by atoms with Gasteiger partial charge in [0.05, 0.1) is 18.6 Å². The highest BCUT2D eigenvalue weighted by atomic mass is 19.4. The molecule has 1 aliphatic rings. The maximum absolute atomic E-state index is 12.9. The van der Waals surface area contributed by atoms with Crippen molar-refractivity contribution in [1.82, 2.24) is 4.98 Å². The molecule has 0 unspecified atom stereocenters. The molecule has 0 N–H and O–H groups in total. The van der Waals surface area contributed by atoms with Crippen molar-refractivity contribution < 1.29 is 22.7 Å². The standard InChI is InChI=1S/C17H14F3NO2/c1-23-16(22)15-13(10-5-3-2-4-6-10)14(15)11-7-12(9-21-8-11)17(18,19)20/h2-9,13-15H,1H3/t13-,14-,15-/m1/s1. The van der Waals surface area contributed by atoms with Gasteiger partial charge in [0.2, 0.25) is 0 Å². The highest BCUT2D eigenvalue weighted by Gasteiger charge is 2.57. The Bertz CT molecular complexity index is 715. The largest absolute Gasteiger partial charge is 0.469 e. The number of alkyl halides is 3. The van der Waals surface area contributed by atoms with E-state index < -0.39 is 23.6 Å². The Morgan fingerprint density at radius 1 is 1.09 bits per heavy atom. The number of rotatable bonds is 3. The van der Waals surface area contributed by atoms with Crippen LogP contribution < -0.4 is 0 Å². The molecule has 0 bridgehead atoms. The Morgan fingerprint density at radius 3 is 2.35 bits per heavy atom. The van der Waals surface area contributed by atoms with Crippen LogP contribution in [0.5, 0.6) is 0 Å². The summed E-state index contributed by atoms with van der Waals surface area (Å²) in [5.74, 6) is -1.43. The molecule has 1 aliphatic carbocycles. The Hall–Kier alpha value is -2.37. The molecule has 3 rings (SSSR count). The fourth-order valence-electron chi connectivity index (χ4n) is 3.04. The molecule has 120 valence electrons. The van der Waals surface area contributed by atoms with Crippen molar-refractivity contribution in [2.75, 3.05) is 7.11 Å². The van der Waals surface area contributed by atoms with Crippen molar-refractivity contribution >= 4 is 5.97 Å². The molecule has 1 fully saturated rings. The van der Waals surface area contributed by atoms with E-state index in [0.717, 1.165) is 17.8 Å². The molecule has 1 aromatic heterocycles. The van der Waals surface area contributed by atoms with Crippen molar-refractivity contribution in [3.05, 3.63) is 65.5 Å². The van der Waals surface area contributed by atoms with Crippen molar-refractivity contribution in [2.24, 2.45) is 5.92 Å². The van der Waals surface area contributed by atoms with Gasteiger partial charge in [0.1, 0.15) is 0 Å². The summed E-state index contributed by atoms with van der Waals surface area (Å²) < 4.78 is 43.4. The number of carbonyl (C=O) groups is 1. The Kier molecular flexibility index (Phi) is 3.83. The molecule has 1 aromatic carbocycles. The first-order chi connectivity index (χ1) is 10.9. The summed E-state index contributed by atoms with van der Waals surface area (Å²) in [4.78, 5) is 15.6. The molecule has 0 radical (unpaired) electrons. The van der Waals surface area contributed by atoms with Gasteiger partial charge in [-0.1, -0.05) is 30.3 Å². The van der Waals surface area contributed by atoms with Crippen LogP contribution in [0.15, 0.2) is 48.8 Å². The molecular weight excluding hydrogens is 307 g/mol. The Morgan fingerprint density at radius 2 is 1.74 bits per heavy atom. The van der Waals surface area contributed by atoms with Crippen LogP contribution in [-0.4, -0.2) is 18.1 Å². The summed E-state index contributed by atoms with van der Waals surface area (Å²) in [5, 5.41) is 0. The van der Waals surface area contributed by atoms with Crippen LogP contribution in [0.4, 0.5) is 13.2 Å². The number of esters is 1. The van der Waals surface area contributed by atoms with E-state index in [1.54, 1.807) is 0 Å². The van der Waals surface area contributed by atoms with Gasteiger partial charge >= 0.3 is 12.1 Å². The van der Waals surface area contributed by atoms with E-state index in [2.05, 4.69) is 4.98 Å². The van der Waals surface area contributed by atoms with E-state index in [-0.39, 0.29) is 11.8 Å². The lowest BCUT2D eigenvalue weighted by molar-refractivity contribution is -0.142. The third-order valence-corrected chi connectivity index (χ3v) is 4.15. The van der Waals surface area contributed by atoms with E-state index in [1.807, 2.05) is 30.3 Å². The highest BCUT2D eigenvalue weighted by Crippen LogP contribution is 2.61. The molecule has 3 nitrogen and oxygen atoms in total. The van der Waals surface area contributed by atoms with Gasteiger partial charge in [0.25, 0.3) is 0 Å². The second-order valence-electron chi connectivity index (χ2n) is 5.52. The van der Waals surface area contributed by atoms with Crippen LogP contribution in [0.1, 0.15) is 28.5 Å². The molecule has 0 amide bonds. The van der Waals surface area contributed by atoms with Crippen LogP contribution in [0.3, 0.4) is 0 Å². The van der Waals surface area contributed by atoms with Gasteiger partial charge < -0.3 is 4.74 Å². The van der Waals surface area contributed by atoms with E-state index in [9.17, 15) is 18.0 Å². The van der Waals surface area contributed by atoms with Gasteiger partial charge in [0.15, 0.2) is 0 Å². The number of benzene rings is 1. The zero-order valence-corrected chi connectivity index (χ0v) is 12.2. The maximum atomic E-state index is 12.9. The number of aromatic nitrogens is 1. The summed E-state index contributed by atoms with van der Waals surface area (Å²) in [7, 11) is 1.28. The lowest BCUT2D eigenvalue weighted by atomic mass is 10.0. The number of pyridine rings is 1. The lowest BCUT2D eigenvalue weighted by Gasteiger charge is -2.08. The quantitative estimate of drug-likeness (QED) is 0.808.